The molecule has 3 aromatic rings. The lowest BCUT2D eigenvalue weighted by Crippen LogP contribution is -2.20. The van der Waals surface area contributed by atoms with Crippen LogP contribution < -0.4 is 25.0 Å². The van der Waals surface area contributed by atoms with Gasteiger partial charge in [0.25, 0.3) is 11.8 Å². The number of benzene rings is 3. The third-order valence-electron chi connectivity index (χ3n) is 5.23. The summed E-state index contributed by atoms with van der Waals surface area (Å²) in [6.45, 7) is 8.54. The van der Waals surface area contributed by atoms with E-state index in [-0.39, 0.29) is 10.9 Å². The second-order valence-electron chi connectivity index (χ2n) is 7.89. The molecule has 38 heavy (non-hydrogen) atoms. The van der Waals surface area contributed by atoms with Crippen LogP contribution in [0.25, 0.3) is 0 Å². The second-order valence-corrected chi connectivity index (χ2v) is 8.74. The lowest BCUT2D eigenvalue weighted by atomic mass is 10.1. The molecule has 8 nitrogen and oxygen atoms in total. The Morgan fingerprint density at radius 1 is 0.789 bits per heavy atom. The summed E-state index contributed by atoms with van der Waals surface area (Å²) in [6.07, 6.45) is 0. The molecule has 0 aliphatic rings. The maximum Gasteiger partial charge on any atom is 0.271 e. The Kier molecular flexibility index (Phi) is 10.4. The van der Waals surface area contributed by atoms with Gasteiger partial charge < -0.3 is 19.5 Å². The zero-order chi connectivity index (χ0) is 27.7. The molecule has 0 aliphatic carbocycles. The van der Waals surface area contributed by atoms with Crippen LogP contribution in [0.15, 0.2) is 59.7 Å². The molecule has 0 atom stereocenters. The van der Waals surface area contributed by atoms with Gasteiger partial charge in [-0.15, -0.1) is 0 Å². The van der Waals surface area contributed by atoms with E-state index in [4.69, 9.17) is 37.4 Å². The van der Waals surface area contributed by atoms with Gasteiger partial charge in [-0.3, -0.25) is 9.59 Å². The fourth-order valence-electron chi connectivity index (χ4n) is 3.45. The van der Waals surface area contributed by atoms with Gasteiger partial charge in [0.05, 0.1) is 36.1 Å². The van der Waals surface area contributed by atoms with Crippen molar-refractivity contribution >= 4 is 46.4 Å². The molecule has 0 aliphatic heterocycles. The minimum Gasteiger partial charge on any atom is -0.490 e. The molecule has 3 rings (SSSR count). The van der Waals surface area contributed by atoms with Gasteiger partial charge in [0.2, 0.25) is 5.75 Å². The third kappa shape index (κ3) is 7.40. The van der Waals surface area contributed by atoms with Crippen LogP contribution in [0, 0.1) is 0 Å². The highest BCUT2D eigenvalue weighted by Crippen LogP contribution is 2.39. The summed E-state index contributed by atoms with van der Waals surface area (Å²) in [5.41, 5.74) is 5.09. The van der Waals surface area contributed by atoms with E-state index < -0.39 is 5.91 Å². The monoisotopic (exact) mass is 557 g/mol. The van der Waals surface area contributed by atoms with Gasteiger partial charge in [-0.1, -0.05) is 35.3 Å². The molecule has 0 heterocycles. The summed E-state index contributed by atoms with van der Waals surface area (Å²) in [4.78, 5) is 25.4. The molecule has 200 valence electrons. The predicted molar refractivity (Wildman–Crippen MR) is 150 cm³/mol. The maximum absolute atomic E-state index is 12.9. The molecule has 3 aromatic carbocycles. The number of hydrogen-bond acceptors (Lipinski definition) is 6. The number of carbonyl (C=O) groups excluding carboxylic acids is 2. The SMILES string of the molecule is CCOc1cc(C(=O)N/N=C(/C)c2ccc(NC(=O)c3ccc(Cl)cc3Cl)cc2)cc(OCC)c1OCC. The topological polar surface area (TPSA) is 98.2 Å². The molecule has 0 saturated heterocycles. The summed E-state index contributed by atoms with van der Waals surface area (Å²) in [5.74, 6) is 0.508. The molecule has 0 radical (unpaired) electrons. The predicted octanol–water partition coefficient (Wildman–Crippen LogP) is 6.60. The van der Waals surface area contributed by atoms with Crippen molar-refractivity contribution in [3.63, 3.8) is 0 Å². The number of halogens is 2. The second kappa shape index (κ2) is 13.7. The molecular formula is C28H29Cl2N3O5. The van der Waals surface area contributed by atoms with E-state index in [1.807, 2.05) is 20.8 Å². The van der Waals surface area contributed by atoms with Gasteiger partial charge in [-0.2, -0.15) is 5.10 Å². The molecule has 0 spiro atoms. The number of amides is 2. The molecule has 0 fully saturated rings. The molecule has 10 heteroatoms. The Morgan fingerprint density at radius 2 is 1.39 bits per heavy atom. The summed E-state index contributed by atoms with van der Waals surface area (Å²) in [7, 11) is 0. The number of hydrazone groups is 1. The maximum atomic E-state index is 12.9. The normalized spacial score (nSPS) is 11.1. The van der Waals surface area contributed by atoms with Crippen LogP contribution in [0.5, 0.6) is 17.2 Å². The summed E-state index contributed by atoms with van der Waals surface area (Å²) < 4.78 is 17.0. The molecule has 0 unspecified atom stereocenters. The average Bonchev–Trinajstić information content (AvgIpc) is 2.89. The highest BCUT2D eigenvalue weighted by Gasteiger charge is 2.18. The molecule has 0 aromatic heterocycles. The van der Waals surface area contributed by atoms with Gasteiger partial charge in [0.1, 0.15) is 0 Å². The van der Waals surface area contributed by atoms with Crippen molar-refractivity contribution in [3.8, 4) is 17.2 Å². The van der Waals surface area contributed by atoms with Crippen molar-refractivity contribution in [1.82, 2.24) is 5.43 Å². The third-order valence-corrected chi connectivity index (χ3v) is 5.78. The highest BCUT2D eigenvalue weighted by molar-refractivity contribution is 6.37. The van der Waals surface area contributed by atoms with E-state index in [0.717, 1.165) is 5.56 Å². The first-order chi connectivity index (χ1) is 18.3. The zero-order valence-corrected chi connectivity index (χ0v) is 23.1. The minimum atomic E-state index is -0.432. The van der Waals surface area contributed by atoms with Crippen LogP contribution in [0.2, 0.25) is 10.0 Å². The van der Waals surface area contributed by atoms with Crippen molar-refractivity contribution in [2.75, 3.05) is 25.1 Å². The van der Waals surface area contributed by atoms with Gasteiger partial charge in [0, 0.05) is 16.3 Å². The zero-order valence-electron chi connectivity index (χ0n) is 21.6. The fourth-order valence-corrected chi connectivity index (χ4v) is 3.94. The van der Waals surface area contributed by atoms with E-state index in [1.165, 1.54) is 6.07 Å². The van der Waals surface area contributed by atoms with Gasteiger partial charge in [-0.25, -0.2) is 5.43 Å². The van der Waals surface area contributed by atoms with Gasteiger partial charge >= 0.3 is 0 Å². The van der Waals surface area contributed by atoms with E-state index in [0.29, 0.717) is 64.6 Å². The Hall–Kier alpha value is -3.75. The number of nitrogens with zero attached hydrogens (tertiary/aromatic N) is 1. The number of carbonyl (C=O) groups is 2. The molecule has 2 N–H and O–H groups in total. The first kappa shape index (κ1) is 28.8. The van der Waals surface area contributed by atoms with Crippen molar-refractivity contribution in [2.45, 2.75) is 27.7 Å². The lowest BCUT2D eigenvalue weighted by Gasteiger charge is -2.16. The van der Waals surface area contributed by atoms with Crippen LogP contribution in [0.3, 0.4) is 0 Å². The van der Waals surface area contributed by atoms with Crippen LogP contribution in [-0.4, -0.2) is 37.3 Å². The standard InChI is InChI=1S/C28H29Cl2N3O5/c1-5-36-24-14-19(15-25(37-6-2)26(24)38-7-3)27(34)33-32-17(4)18-8-11-21(12-9-18)31-28(35)22-13-10-20(29)16-23(22)30/h8-16H,5-7H2,1-4H3,(H,31,35)(H,33,34)/b32-17-. The number of hydrogen-bond donors (Lipinski definition) is 2. The average molecular weight is 558 g/mol. The Labute approximate surface area is 231 Å². The number of rotatable bonds is 11. The molecule has 2 amide bonds. The van der Waals surface area contributed by atoms with E-state index in [1.54, 1.807) is 55.5 Å². The van der Waals surface area contributed by atoms with Crippen LogP contribution >= 0.6 is 23.2 Å². The van der Waals surface area contributed by atoms with Crippen molar-refractivity contribution < 1.29 is 23.8 Å². The number of ether oxygens (including phenoxy) is 3. The Balaban J connectivity index is 1.72. The Bertz CT molecular complexity index is 1300. The van der Waals surface area contributed by atoms with E-state index >= 15 is 0 Å². The lowest BCUT2D eigenvalue weighted by molar-refractivity contribution is 0.0952. The summed E-state index contributed by atoms with van der Waals surface area (Å²) in [5, 5.41) is 7.73. The highest BCUT2D eigenvalue weighted by atomic mass is 35.5. The van der Waals surface area contributed by atoms with E-state index in [2.05, 4.69) is 15.8 Å². The van der Waals surface area contributed by atoms with Crippen LogP contribution in [0.1, 0.15) is 54.0 Å². The first-order valence-electron chi connectivity index (χ1n) is 12.0. The van der Waals surface area contributed by atoms with Crippen molar-refractivity contribution in [2.24, 2.45) is 5.10 Å². The van der Waals surface area contributed by atoms with Crippen molar-refractivity contribution in [3.05, 3.63) is 81.3 Å². The largest absolute Gasteiger partial charge is 0.490 e. The first-order valence-corrected chi connectivity index (χ1v) is 12.8. The smallest absolute Gasteiger partial charge is 0.271 e. The molecular weight excluding hydrogens is 529 g/mol. The van der Waals surface area contributed by atoms with Crippen molar-refractivity contribution in [1.29, 1.82) is 0 Å². The fraction of sp³-hybridized carbons (Fsp3) is 0.250. The number of anilines is 1. The van der Waals surface area contributed by atoms with E-state index in [9.17, 15) is 9.59 Å². The quantitative estimate of drug-likeness (QED) is 0.204. The molecule has 0 saturated carbocycles. The Morgan fingerprint density at radius 3 is 1.95 bits per heavy atom. The summed E-state index contributed by atoms with van der Waals surface area (Å²) >= 11 is 12.0. The molecule has 0 bridgehead atoms. The van der Waals surface area contributed by atoms with Gasteiger partial charge in [-0.05, 0) is 75.7 Å². The van der Waals surface area contributed by atoms with Gasteiger partial charge in [0.15, 0.2) is 11.5 Å². The van der Waals surface area contributed by atoms with Crippen LogP contribution in [-0.2, 0) is 0 Å². The minimum absolute atomic E-state index is 0.264. The number of nitrogens with one attached hydrogen (secondary N) is 2. The summed E-state index contributed by atoms with van der Waals surface area (Å²) in [6, 6.07) is 14.9. The van der Waals surface area contributed by atoms with Crippen LogP contribution in [0.4, 0.5) is 5.69 Å².